The molecule has 4 rings (SSSR count). The molecule has 0 aliphatic carbocycles. The number of para-hydroxylation sites is 1. The Balaban J connectivity index is 1.38. The number of esters is 1. The Morgan fingerprint density at radius 3 is 2.67 bits per heavy atom. The number of aromatic nitrogens is 2. The van der Waals surface area contributed by atoms with E-state index in [0.29, 0.717) is 28.5 Å². The third-order valence-electron chi connectivity index (χ3n) is 4.67. The summed E-state index contributed by atoms with van der Waals surface area (Å²) in [5.41, 5.74) is 0.884. The van der Waals surface area contributed by atoms with Crippen molar-refractivity contribution < 1.29 is 23.6 Å². The van der Waals surface area contributed by atoms with Crippen LogP contribution in [0, 0.1) is 6.92 Å². The summed E-state index contributed by atoms with van der Waals surface area (Å²) in [5, 5.41) is 2.72. The average molecular weight is 447 g/mol. The molecule has 2 heterocycles. The van der Waals surface area contributed by atoms with Crippen molar-refractivity contribution in [2.24, 2.45) is 0 Å². The van der Waals surface area contributed by atoms with Gasteiger partial charge < -0.3 is 19.3 Å². The zero-order valence-corrected chi connectivity index (χ0v) is 18.0. The van der Waals surface area contributed by atoms with Crippen LogP contribution in [0.4, 0.5) is 5.69 Å². The molecule has 0 saturated heterocycles. The summed E-state index contributed by atoms with van der Waals surface area (Å²) < 4.78 is 17.2. The largest absolute Gasteiger partial charge is 0.481 e. The molecule has 0 bridgehead atoms. The number of rotatable bonds is 7. The van der Waals surface area contributed by atoms with Crippen LogP contribution in [0.15, 0.2) is 76.0 Å². The third kappa shape index (κ3) is 5.27. The van der Waals surface area contributed by atoms with Gasteiger partial charge in [0.2, 0.25) is 0 Å². The fourth-order valence-electron chi connectivity index (χ4n) is 3.09. The predicted octanol–water partition coefficient (Wildman–Crippen LogP) is 3.36. The van der Waals surface area contributed by atoms with E-state index in [2.05, 4.69) is 10.3 Å². The van der Waals surface area contributed by atoms with Crippen molar-refractivity contribution in [1.29, 1.82) is 0 Å². The number of nitrogens with zero attached hydrogens (tertiary/aromatic N) is 2. The fourth-order valence-corrected chi connectivity index (χ4v) is 3.09. The standard InChI is InChI=1S/C24H21N3O6/c1-15-11-21-25-19(13-22(28)27(21)33-15)14-31-24(30)17-7-6-8-18(12-17)26-23(29)16(2)32-20-9-4-3-5-10-20/h3-13,16H,14H2,1-2H3,(H,26,29)/t16-/m0/s1. The van der Waals surface area contributed by atoms with Gasteiger partial charge in [-0.15, -0.1) is 4.57 Å². The van der Waals surface area contributed by atoms with Crippen molar-refractivity contribution in [3.8, 4) is 5.75 Å². The summed E-state index contributed by atoms with van der Waals surface area (Å²) in [7, 11) is 0. The van der Waals surface area contributed by atoms with Crippen molar-refractivity contribution in [2.45, 2.75) is 26.6 Å². The first-order chi connectivity index (χ1) is 15.9. The van der Waals surface area contributed by atoms with Gasteiger partial charge in [-0.1, -0.05) is 24.3 Å². The van der Waals surface area contributed by atoms with Crippen molar-refractivity contribution in [2.75, 3.05) is 5.32 Å². The minimum atomic E-state index is -0.741. The van der Waals surface area contributed by atoms with Crippen LogP contribution in [-0.4, -0.2) is 27.5 Å². The minimum Gasteiger partial charge on any atom is -0.481 e. The second-order valence-electron chi connectivity index (χ2n) is 7.30. The van der Waals surface area contributed by atoms with E-state index in [9.17, 15) is 14.4 Å². The lowest BCUT2D eigenvalue weighted by atomic mass is 10.2. The zero-order valence-electron chi connectivity index (χ0n) is 18.0. The van der Waals surface area contributed by atoms with Gasteiger partial charge in [-0.3, -0.25) is 9.59 Å². The van der Waals surface area contributed by atoms with E-state index in [-0.39, 0.29) is 18.1 Å². The molecule has 0 spiro atoms. The number of carbonyl (C=O) groups excluding carboxylic acids is 2. The first-order valence-corrected chi connectivity index (χ1v) is 10.2. The maximum absolute atomic E-state index is 12.5. The number of ether oxygens (including phenoxy) is 2. The number of aryl methyl sites for hydroxylation is 1. The van der Waals surface area contributed by atoms with Crippen molar-refractivity contribution in [3.05, 3.63) is 94.1 Å². The number of anilines is 1. The Bertz CT molecular complexity index is 1360. The second-order valence-corrected chi connectivity index (χ2v) is 7.30. The number of amides is 1. The first kappa shape index (κ1) is 21.8. The maximum atomic E-state index is 12.5. The molecule has 1 amide bonds. The highest BCUT2D eigenvalue weighted by Crippen LogP contribution is 2.15. The van der Waals surface area contributed by atoms with E-state index in [0.717, 1.165) is 4.57 Å². The number of fused-ring (bicyclic) bond motifs is 1. The summed E-state index contributed by atoms with van der Waals surface area (Å²) in [5.74, 6) is 0.133. The molecule has 0 saturated carbocycles. The number of hydrogen-bond acceptors (Lipinski definition) is 7. The summed E-state index contributed by atoms with van der Waals surface area (Å²) in [4.78, 5) is 41.3. The molecule has 2 aromatic heterocycles. The van der Waals surface area contributed by atoms with Gasteiger partial charge in [0.05, 0.1) is 11.3 Å². The third-order valence-corrected chi connectivity index (χ3v) is 4.67. The molecule has 9 heteroatoms. The van der Waals surface area contributed by atoms with Gasteiger partial charge in [-0.2, -0.15) is 0 Å². The van der Waals surface area contributed by atoms with Crippen LogP contribution in [0.1, 0.15) is 28.7 Å². The zero-order chi connectivity index (χ0) is 23.4. The summed E-state index contributed by atoms with van der Waals surface area (Å²) in [6, 6.07) is 18.2. The Hall–Kier alpha value is -4.40. The lowest BCUT2D eigenvalue weighted by Crippen LogP contribution is -2.30. The fraction of sp³-hybridized carbons (Fsp3) is 0.167. The summed E-state index contributed by atoms with van der Waals surface area (Å²) in [6.45, 7) is 3.15. The van der Waals surface area contributed by atoms with Crippen LogP contribution in [-0.2, 0) is 16.1 Å². The molecular weight excluding hydrogens is 426 g/mol. The van der Waals surface area contributed by atoms with Crippen LogP contribution in [0.3, 0.4) is 0 Å². The van der Waals surface area contributed by atoms with Gasteiger partial charge in [0.15, 0.2) is 11.8 Å². The van der Waals surface area contributed by atoms with E-state index in [4.69, 9.17) is 14.0 Å². The van der Waals surface area contributed by atoms with Crippen LogP contribution >= 0.6 is 0 Å². The van der Waals surface area contributed by atoms with E-state index < -0.39 is 17.6 Å². The molecule has 0 fully saturated rings. The van der Waals surface area contributed by atoms with Crippen molar-refractivity contribution in [3.63, 3.8) is 0 Å². The highest BCUT2D eigenvalue weighted by Gasteiger charge is 2.16. The van der Waals surface area contributed by atoms with Gasteiger partial charge in [0.1, 0.15) is 18.1 Å². The van der Waals surface area contributed by atoms with Crippen LogP contribution in [0.5, 0.6) is 5.75 Å². The highest BCUT2D eigenvalue weighted by atomic mass is 16.5. The minimum absolute atomic E-state index is 0.187. The van der Waals surface area contributed by atoms with Crippen molar-refractivity contribution in [1.82, 2.24) is 9.56 Å². The van der Waals surface area contributed by atoms with Gasteiger partial charge in [-0.25, -0.2) is 9.78 Å². The van der Waals surface area contributed by atoms with Crippen LogP contribution in [0.25, 0.3) is 5.65 Å². The predicted molar refractivity (Wildman–Crippen MR) is 119 cm³/mol. The average Bonchev–Trinajstić information content (AvgIpc) is 3.19. The highest BCUT2D eigenvalue weighted by molar-refractivity contribution is 5.96. The molecule has 9 nitrogen and oxygen atoms in total. The topological polar surface area (TPSA) is 112 Å². The summed E-state index contributed by atoms with van der Waals surface area (Å²) in [6.07, 6.45) is -0.741. The normalized spacial score (nSPS) is 11.7. The molecule has 0 radical (unpaired) electrons. The van der Waals surface area contributed by atoms with Gasteiger partial charge in [0, 0.05) is 17.8 Å². The molecule has 0 aliphatic rings. The van der Waals surface area contributed by atoms with E-state index >= 15 is 0 Å². The summed E-state index contributed by atoms with van der Waals surface area (Å²) >= 11 is 0. The number of benzene rings is 2. The Kier molecular flexibility index (Phi) is 6.21. The maximum Gasteiger partial charge on any atom is 0.338 e. The van der Waals surface area contributed by atoms with Gasteiger partial charge in [0.25, 0.3) is 11.5 Å². The van der Waals surface area contributed by atoms with E-state index in [1.165, 1.54) is 12.1 Å². The van der Waals surface area contributed by atoms with Gasteiger partial charge >= 0.3 is 5.97 Å². The SMILES string of the molecule is Cc1cc2nc(COC(=O)c3cccc(NC(=O)[C@H](C)Oc4ccccc4)c3)cc(=O)n2o1. The molecule has 4 aromatic rings. The molecule has 0 aliphatic heterocycles. The van der Waals surface area contributed by atoms with Crippen molar-refractivity contribution >= 4 is 23.2 Å². The quantitative estimate of drug-likeness (QED) is 0.432. The van der Waals surface area contributed by atoms with Gasteiger partial charge in [-0.05, 0) is 44.2 Å². The molecule has 33 heavy (non-hydrogen) atoms. The number of nitrogens with one attached hydrogen (secondary N) is 1. The molecule has 0 unspecified atom stereocenters. The molecule has 1 N–H and O–H groups in total. The number of hydrogen-bond donors (Lipinski definition) is 1. The first-order valence-electron chi connectivity index (χ1n) is 10.2. The smallest absolute Gasteiger partial charge is 0.338 e. The second kappa shape index (κ2) is 9.39. The molecule has 2 aromatic carbocycles. The van der Waals surface area contributed by atoms with E-state index in [1.807, 2.05) is 18.2 Å². The molecular formula is C24H21N3O6. The lowest BCUT2D eigenvalue weighted by Gasteiger charge is -2.15. The number of carbonyl (C=O) groups is 2. The monoisotopic (exact) mass is 447 g/mol. The van der Waals surface area contributed by atoms with Crippen LogP contribution in [0.2, 0.25) is 0 Å². The molecule has 168 valence electrons. The van der Waals surface area contributed by atoms with E-state index in [1.54, 1.807) is 50.2 Å². The Morgan fingerprint density at radius 2 is 1.88 bits per heavy atom. The Labute approximate surface area is 188 Å². The lowest BCUT2D eigenvalue weighted by molar-refractivity contribution is -0.122. The van der Waals surface area contributed by atoms with Crippen LogP contribution < -0.4 is 15.6 Å². The molecule has 1 atom stereocenters. The Morgan fingerprint density at radius 1 is 1.09 bits per heavy atom.